The average Bonchev–Trinajstić information content (AvgIpc) is 2.93. The summed E-state index contributed by atoms with van der Waals surface area (Å²) in [4.78, 5) is 28.8. The molecule has 0 fully saturated rings. The summed E-state index contributed by atoms with van der Waals surface area (Å²) in [5.41, 5.74) is 2.56. The highest BCUT2D eigenvalue weighted by Crippen LogP contribution is 2.25. The maximum atomic E-state index is 11.9. The van der Waals surface area contributed by atoms with E-state index in [2.05, 4.69) is 9.97 Å². The second kappa shape index (κ2) is 4.94. The van der Waals surface area contributed by atoms with E-state index in [1.165, 1.54) is 6.07 Å². The fourth-order valence-corrected chi connectivity index (χ4v) is 2.48. The maximum absolute atomic E-state index is 11.9. The second-order valence-electron chi connectivity index (χ2n) is 4.85. The number of aryl methyl sites for hydroxylation is 1. The molecule has 0 saturated carbocycles. The topological polar surface area (TPSA) is 85.9 Å². The molecule has 5 nitrogen and oxygen atoms in total. The molecule has 5 heteroatoms. The van der Waals surface area contributed by atoms with Gasteiger partial charge in [0, 0.05) is 17.1 Å². The summed E-state index contributed by atoms with van der Waals surface area (Å²) in [6, 6.07) is 9.22. The van der Waals surface area contributed by atoms with Crippen LogP contribution in [0.15, 0.2) is 41.3 Å². The lowest BCUT2D eigenvalue weighted by Gasteiger charge is -2.09. The number of carboxylic acid groups (broad SMARTS) is 1. The number of pyridine rings is 1. The summed E-state index contributed by atoms with van der Waals surface area (Å²) >= 11 is 0. The summed E-state index contributed by atoms with van der Waals surface area (Å²) < 4.78 is 0. The number of carbonyl (C=O) groups is 1. The number of fused-ring (bicyclic) bond motifs is 1. The second-order valence-corrected chi connectivity index (χ2v) is 4.85. The fourth-order valence-electron chi connectivity index (χ4n) is 2.48. The Morgan fingerprint density at radius 3 is 2.76 bits per heavy atom. The van der Waals surface area contributed by atoms with E-state index in [9.17, 15) is 9.59 Å². The van der Waals surface area contributed by atoms with E-state index < -0.39 is 11.5 Å². The van der Waals surface area contributed by atoms with Crippen LogP contribution in [0.25, 0.3) is 22.2 Å². The van der Waals surface area contributed by atoms with Crippen molar-refractivity contribution < 1.29 is 9.90 Å². The zero-order chi connectivity index (χ0) is 15.0. The Bertz CT molecular complexity index is 890. The molecular weight excluding hydrogens is 268 g/mol. The predicted octanol–water partition coefficient (Wildman–Crippen LogP) is 2.78. The van der Waals surface area contributed by atoms with Crippen LogP contribution in [-0.2, 0) is 6.42 Å². The number of benzene rings is 1. The first-order chi connectivity index (χ1) is 10.1. The predicted molar refractivity (Wildman–Crippen MR) is 80.7 cm³/mol. The molecule has 0 radical (unpaired) electrons. The Balaban J connectivity index is 2.23. The van der Waals surface area contributed by atoms with E-state index in [-0.39, 0.29) is 5.56 Å². The number of aromatic amines is 2. The molecular formula is C16H14N2O3. The van der Waals surface area contributed by atoms with Gasteiger partial charge in [-0.15, -0.1) is 0 Å². The van der Waals surface area contributed by atoms with Gasteiger partial charge in [-0.3, -0.25) is 4.79 Å². The van der Waals surface area contributed by atoms with Gasteiger partial charge in [0.05, 0.1) is 5.69 Å². The Morgan fingerprint density at radius 1 is 1.24 bits per heavy atom. The number of aromatic carboxylic acids is 1. The SMILES string of the molecule is CCc1cc(C(=O)O)c(=O)[nH]c1-c1ccc2[nH]ccc2c1. The van der Waals surface area contributed by atoms with Crippen LogP contribution in [0.2, 0.25) is 0 Å². The molecule has 106 valence electrons. The normalized spacial score (nSPS) is 10.9. The number of carboxylic acids is 1. The molecule has 0 unspecified atom stereocenters. The third kappa shape index (κ3) is 2.23. The number of H-pyrrole nitrogens is 2. The standard InChI is InChI=1S/C16H14N2O3/c1-2-9-8-12(16(20)21)15(19)18-14(9)11-3-4-13-10(7-11)5-6-17-13/h3-8,17H,2H2,1H3,(H,18,19)(H,20,21). The van der Waals surface area contributed by atoms with Gasteiger partial charge in [-0.1, -0.05) is 13.0 Å². The number of nitrogens with one attached hydrogen (secondary N) is 2. The van der Waals surface area contributed by atoms with Gasteiger partial charge in [0.15, 0.2) is 0 Å². The summed E-state index contributed by atoms with van der Waals surface area (Å²) in [6.07, 6.45) is 2.49. The largest absolute Gasteiger partial charge is 0.477 e. The highest BCUT2D eigenvalue weighted by molar-refractivity contribution is 5.89. The molecule has 0 amide bonds. The molecule has 3 aromatic rings. The lowest BCUT2D eigenvalue weighted by molar-refractivity contribution is 0.0695. The zero-order valence-electron chi connectivity index (χ0n) is 11.4. The van der Waals surface area contributed by atoms with Crippen LogP contribution in [0.4, 0.5) is 0 Å². The van der Waals surface area contributed by atoms with Gasteiger partial charge in [-0.25, -0.2) is 4.79 Å². The van der Waals surface area contributed by atoms with Crippen LogP contribution in [0, 0.1) is 0 Å². The molecule has 0 aliphatic rings. The molecule has 0 bridgehead atoms. The van der Waals surface area contributed by atoms with Crippen molar-refractivity contribution in [3.05, 3.63) is 58.0 Å². The Morgan fingerprint density at radius 2 is 2.05 bits per heavy atom. The van der Waals surface area contributed by atoms with Crippen LogP contribution in [-0.4, -0.2) is 21.0 Å². The summed E-state index contributed by atoms with van der Waals surface area (Å²) in [7, 11) is 0. The summed E-state index contributed by atoms with van der Waals surface area (Å²) in [6.45, 7) is 1.93. The van der Waals surface area contributed by atoms with Crippen molar-refractivity contribution in [1.29, 1.82) is 0 Å². The molecule has 3 N–H and O–H groups in total. The molecule has 1 aromatic carbocycles. The minimum absolute atomic E-state index is 0.224. The number of hydrogen-bond acceptors (Lipinski definition) is 2. The van der Waals surface area contributed by atoms with E-state index in [4.69, 9.17) is 5.11 Å². The molecule has 0 saturated heterocycles. The zero-order valence-corrected chi connectivity index (χ0v) is 11.4. The Kier molecular flexibility index (Phi) is 3.10. The molecule has 0 spiro atoms. The smallest absolute Gasteiger partial charge is 0.341 e. The van der Waals surface area contributed by atoms with Gasteiger partial charge >= 0.3 is 5.97 Å². The van der Waals surface area contributed by atoms with Crippen molar-refractivity contribution in [1.82, 2.24) is 9.97 Å². The van der Waals surface area contributed by atoms with Gasteiger partial charge in [-0.05, 0) is 41.8 Å². The molecule has 21 heavy (non-hydrogen) atoms. The summed E-state index contributed by atoms with van der Waals surface area (Å²) in [5, 5.41) is 10.1. The minimum atomic E-state index is -1.21. The molecule has 2 aromatic heterocycles. The molecule has 0 atom stereocenters. The van der Waals surface area contributed by atoms with E-state index in [1.54, 1.807) is 0 Å². The first-order valence-corrected chi connectivity index (χ1v) is 6.67. The van der Waals surface area contributed by atoms with Gasteiger partial charge in [0.1, 0.15) is 5.56 Å². The molecule has 0 aliphatic carbocycles. The minimum Gasteiger partial charge on any atom is -0.477 e. The quantitative estimate of drug-likeness (QED) is 0.690. The number of aromatic nitrogens is 2. The first kappa shape index (κ1) is 13.2. The van der Waals surface area contributed by atoms with Crippen LogP contribution >= 0.6 is 0 Å². The molecule has 3 rings (SSSR count). The van der Waals surface area contributed by atoms with Gasteiger partial charge in [0.25, 0.3) is 5.56 Å². The Hall–Kier alpha value is -2.82. The van der Waals surface area contributed by atoms with Crippen molar-refractivity contribution in [3.8, 4) is 11.3 Å². The van der Waals surface area contributed by atoms with Crippen molar-refractivity contribution in [2.24, 2.45) is 0 Å². The van der Waals surface area contributed by atoms with Crippen LogP contribution in [0.5, 0.6) is 0 Å². The monoisotopic (exact) mass is 282 g/mol. The maximum Gasteiger partial charge on any atom is 0.341 e. The highest BCUT2D eigenvalue weighted by Gasteiger charge is 2.14. The van der Waals surface area contributed by atoms with Gasteiger partial charge < -0.3 is 15.1 Å². The van der Waals surface area contributed by atoms with E-state index in [1.807, 2.05) is 37.4 Å². The van der Waals surface area contributed by atoms with Crippen molar-refractivity contribution in [2.75, 3.05) is 0 Å². The fraction of sp³-hybridized carbons (Fsp3) is 0.125. The first-order valence-electron chi connectivity index (χ1n) is 6.67. The third-order valence-corrected chi connectivity index (χ3v) is 3.58. The Labute approximate surface area is 120 Å². The lowest BCUT2D eigenvalue weighted by Crippen LogP contribution is -2.19. The number of rotatable bonds is 3. The van der Waals surface area contributed by atoms with E-state index in [0.717, 1.165) is 22.0 Å². The molecule has 2 heterocycles. The van der Waals surface area contributed by atoms with Crippen molar-refractivity contribution in [3.63, 3.8) is 0 Å². The average molecular weight is 282 g/mol. The van der Waals surface area contributed by atoms with E-state index in [0.29, 0.717) is 12.1 Å². The lowest BCUT2D eigenvalue weighted by atomic mass is 10.0. The van der Waals surface area contributed by atoms with Crippen LogP contribution in [0.1, 0.15) is 22.8 Å². The highest BCUT2D eigenvalue weighted by atomic mass is 16.4. The van der Waals surface area contributed by atoms with Gasteiger partial charge in [0.2, 0.25) is 0 Å². The van der Waals surface area contributed by atoms with Crippen LogP contribution < -0.4 is 5.56 Å². The number of hydrogen-bond donors (Lipinski definition) is 3. The van der Waals surface area contributed by atoms with Crippen molar-refractivity contribution in [2.45, 2.75) is 13.3 Å². The van der Waals surface area contributed by atoms with Gasteiger partial charge in [-0.2, -0.15) is 0 Å². The third-order valence-electron chi connectivity index (χ3n) is 3.58. The molecule has 0 aliphatic heterocycles. The van der Waals surface area contributed by atoms with Crippen LogP contribution in [0.3, 0.4) is 0 Å². The summed E-state index contributed by atoms with van der Waals surface area (Å²) in [5.74, 6) is -1.21. The van der Waals surface area contributed by atoms with Crippen molar-refractivity contribution >= 4 is 16.9 Å². The van der Waals surface area contributed by atoms with E-state index >= 15 is 0 Å².